The van der Waals surface area contributed by atoms with Gasteiger partial charge in [0.15, 0.2) is 10.5 Å². The van der Waals surface area contributed by atoms with Crippen molar-refractivity contribution in [2.45, 2.75) is 126 Å². The summed E-state index contributed by atoms with van der Waals surface area (Å²) in [5.74, 6) is 3.34. The van der Waals surface area contributed by atoms with Crippen LogP contribution in [0.1, 0.15) is 97.2 Å². The van der Waals surface area contributed by atoms with Crippen LogP contribution in [0.25, 0.3) is 42.3 Å². The Morgan fingerprint density at radius 1 is 0.984 bits per heavy atom. The van der Waals surface area contributed by atoms with Crippen molar-refractivity contribution in [3.63, 3.8) is 0 Å². The Balaban J connectivity index is 1.39. The second kappa shape index (κ2) is 16.0. The summed E-state index contributed by atoms with van der Waals surface area (Å²) in [7, 11) is -8.26. The summed E-state index contributed by atoms with van der Waals surface area (Å²) in [6.07, 6.45) is 5.87. The number of aromatic nitrogens is 3. The van der Waals surface area contributed by atoms with Crippen LogP contribution in [0.5, 0.6) is 0 Å². The third-order valence-corrected chi connectivity index (χ3v) is 22.4. The lowest BCUT2D eigenvalue weighted by molar-refractivity contribution is -0.0444. The molecule has 10 nitrogen and oxygen atoms in total. The molecule has 8 rings (SSSR count). The first-order chi connectivity index (χ1) is 29.5. The molecular weight excluding hydrogens is 889 g/mol. The van der Waals surface area contributed by atoms with Gasteiger partial charge in [-0.05, 0) is 80.1 Å². The third-order valence-electron chi connectivity index (χ3n) is 12.8. The van der Waals surface area contributed by atoms with Crippen molar-refractivity contribution < 1.29 is 35.5 Å². The van der Waals surface area contributed by atoms with E-state index in [0.29, 0.717) is 55.4 Å². The highest BCUT2D eigenvalue weighted by Crippen LogP contribution is 2.50. The van der Waals surface area contributed by atoms with Crippen molar-refractivity contribution in [3.8, 4) is 22.7 Å². The quantitative estimate of drug-likeness (QED) is 0.0517. The number of hydrogen-bond acceptors (Lipinski definition) is 11. The number of rotatable bonds is 7. The maximum Gasteiger partial charge on any atom is 0.499 e. The van der Waals surface area contributed by atoms with E-state index in [1.165, 1.54) is 41.3 Å². The Hall–Kier alpha value is -4.31. The number of benzene rings is 2. The number of thioether (sulfide) groups is 1. The van der Waals surface area contributed by atoms with Crippen LogP contribution in [0.3, 0.4) is 0 Å². The minimum absolute atomic E-state index is 0.0584. The Morgan fingerprint density at radius 2 is 1.63 bits per heavy atom. The molecule has 18 heteroatoms. The molecule has 2 fully saturated rings. The summed E-state index contributed by atoms with van der Waals surface area (Å²) in [5, 5.41) is 0.302. The number of carbonyl (C=O) groups is 1. The first-order valence-electron chi connectivity index (χ1n) is 21.1. The lowest BCUT2D eigenvalue weighted by atomic mass is 9.90. The first kappa shape index (κ1) is 45.3. The molecule has 3 atom stereocenters. The Labute approximate surface area is 374 Å². The van der Waals surface area contributed by atoms with Gasteiger partial charge in [-0.15, -0.1) is 16.9 Å². The number of nitrogens with zero attached hydrogens (tertiary/aromatic N) is 6. The number of pyridine rings is 1. The molecule has 3 aliphatic heterocycles. The number of halogens is 4. The van der Waals surface area contributed by atoms with Crippen molar-refractivity contribution in [3.05, 3.63) is 53.0 Å². The Kier molecular flexibility index (Phi) is 11.5. The fourth-order valence-corrected chi connectivity index (χ4v) is 18.0. The van der Waals surface area contributed by atoms with Gasteiger partial charge in [0.1, 0.15) is 30.1 Å². The van der Waals surface area contributed by atoms with Crippen LogP contribution < -0.4 is 4.90 Å². The molecule has 5 aromatic rings. The third kappa shape index (κ3) is 7.48. The molecule has 2 saturated heterocycles. The van der Waals surface area contributed by atoms with E-state index in [1.54, 1.807) is 6.20 Å². The normalized spacial score (nSPS) is 19.3. The molecule has 3 aromatic heterocycles. The minimum atomic E-state index is -5.82. The van der Waals surface area contributed by atoms with Gasteiger partial charge in [0, 0.05) is 53.0 Å². The van der Waals surface area contributed by atoms with Crippen molar-refractivity contribution in [2.75, 3.05) is 24.2 Å². The Bertz CT molecular complexity index is 2870. The molecule has 63 heavy (non-hydrogen) atoms. The number of sulfone groups is 1. The van der Waals surface area contributed by atoms with E-state index in [1.807, 2.05) is 38.0 Å². The van der Waals surface area contributed by atoms with E-state index in [2.05, 4.69) is 62.9 Å². The van der Waals surface area contributed by atoms with Crippen molar-refractivity contribution in [1.29, 1.82) is 0 Å². The van der Waals surface area contributed by atoms with Gasteiger partial charge in [0.05, 0.1) is 33.4 Å². The van der Waals surface area contributed by atoms with E-state index in [0.717, 1.165) is 24.4 Å². The predicted molar refractivity (Wildman–Crippen MR) is 248 cm³/mol. The van der Waals surface area contributed by atoms with Crippen LogP contribution in [0.4, 0.5) is 28.2 Å². The number of aliphatic imine (C=N–C) groups is 1. The summed E-state index contributed by atoms with van der Waals surface area (Å²) in [5.41, 5.74) is -1.44. The molecule has 0 spiro atoms. The second-order valence-corrected chi connectivity index (χ2v) is 27.9. The van der Waals surface area contributed by atoms with Gasteiger partial charge in [-0.2, -0.15) is 13.2 Å². The number of thiophene rings is 1. The van der Waals surface area contributed by atoms with Gasteiger partial charge in [0.25, 0.3) is 9.84 Å². The molecule has 1 amide bonds. The second-order valence-electron chi connectivity index (χ2n) is 18.6. The van der Waals surface area contributed by atoms with Crippen LogP contribution in [0, 0.1) is 17.3 Å². The van der Waals surface area contributed by atoms with Crippen molar-refractivity contribution in [2.24, 2.45) is 4.99 Å². The van der Waals surface area contributed by atoms with Crippen LogP contribution in [0.15, 0.2) is 40.6 Å². The zero-order chi connectivity index (χ0) is 45.7. The molecule has 0 N–H and O–H groups in total. The fourth-order valence-electron chi connectivity index (χ4n) is 10.2. The summed E-state index contributed by atoms with van der Waals surface area (Å²) in [6, 6.07) is 5.64. The zero-order valence-corrected chi connectivity index (χ0v) is 40.3. The topological polar surface area (TPSA) is 118 Å². The number of amides is 1. The number of fused-ring (bicyclic) bond motifs is 7. The molecule has 1 unspecified atom stereocenters. The number of hydrogen-bond donors (Lipinski definition) is 0. The van der Waals surface area contributed by atoms with Crippen LogP contribution >= 0.6 is 23.1 Å². The lowest BCUT2D eigenvalue weighted by Crippen LogP contribution is -2.57. The van der Waals surface area contributed by atoms with Crippen LogP contribution in [0.2, 0.25) is 16.6 Å². The molecule has 0 aliphatic carbocycles. The largest absolute Gasteiger partial charge is 0.499 e. The lowest BCUT2D eigenvalue weighted by Gasteiger charge is -2.42. The van der Waals surface area contributed by atoms with Gasteiger partial charge in [0.2, 0.25) is 0 Å². The van der Waals surface area contributed by atoms with Crippen molar-refractivity contribution in [1.82, 2.24) is 19.9 Å². The van der Waals surface area contributed by atoms with E-state index in [-0.39, 0.29) is 57.1 Å². The van der Waals surface area contributed by atoms with Gasteiger partial charge in [-0.25, -0.2) is 27.6 Å². The fraction of sp³-hybridized carbons (Fsp3) is 0.489. The standard InChI is InChI=1S/C45H50F4N6O4S3Si/c1-23(2)63(24(3)4,25(5)6)18-16-29-33(46)14-11-26-19-31-32(20-51-41(31)62(57,58)45(47,48)49)35(34(26)29)37-38-30(15-17-50-37)36-39(52-42(60-10)53-40(36)61-38)54-21-27-12-13-28(22-54)55(27)43(56)59-44(7,8)9/h11,14-15,17,19-20,23-25,27-28,41H,12-13,21-22H2,1-10H3/t27-,28+,41?. The zero-order valence-electron chi connectivity index (χ0n) is 36.8. The highest BCUT2D eigenvalue weighted by molar-refractivity contribution is 7.98. The highest BCUT2D eigenvalue weighted by Gasteiger charge is 2.53. The van der Waals surface area contributed by atoms with E-state index < -0.39 is 40.2 Å². The number of ether oxygens (including phenoxy) is 1. The summed E-state index contributed by atoms with van der Waals surface area (Å²) >= 11 is 2.70. The maximum atomic E-state index is 16.6. The molecule has 2 bridgehead atoms. The molecule has 2 aromatic carbocycles. The number of piperazine rings is 1. The molecule has 0 saturated carbocycles. The van der Waals surface area contributed by atoms with E-state index >= 15 is 4.39 Å². The average molecular weight is 939 g/mol. The predicted octanol–water partition coefficient (Wildman–Crippen LogP) is 11.4. The van der Waals surface area contributed by atoms with Gasteiger partial charge >= 0.3 is 11.6 Å². The van der Waals surface area contributed by atoms with E-state index in [9.17, 15) is 26.4 Å². The number of alkyl halides is 3. The first-order valence-corrected chi connectivity index (χ1v) is 26.9. The monoisotopic (exact) mass is 938 g/mol. The minimum Gasteiger partial charge on any atom is -0.444 e. The van der Waals surface area contributed by atoms with Crippen LogP contribution in [-0.4, -0.2) is 91.2 Å². The molecule has 0 radical (unpaired) electrons. The van der Waals surface area contributed by atoms with Crippen LogP contribution in [-0.2, 0) is 14.6 Å². The highest BCUT2D eigenvalue weighted by atomic mass is 32.2. The number of carbonyl (C=O) groups excluding carboxylic acids is 1. The van der Waals surface area contributed by atoms with Gasteiger partial charge in [-0.1, -0.05) is 65.3 Å². The molecular formula is C45H50F4N6O4S3Si. The molecule has 3 aliphatic rings. The Morgan fingerprint density at radius 3 is 2.22 bits per heavy atom. The molecule has 6 heterocycles. The average Bonchev–Trinajstić information content (AvgIpc) is 3.87. The van der Waals surface area contributed by atoms with Gasteiger partial charge in [-0.3, -0.25) is 14.9 Å². The van der Waals surface area contributed by atoms with Crippen molar-refractivity contribution >= 4 is 90.2 Å². The molecule has 334 valence electrons. The summed E-state index contributed by atoms with van der Waals surface area (Å²) in [4.78, 5) is 36.9. The van der Waals surface area contributed by atoms with Gasteiger partial charge < -0.3 is 9.64 Å². The summed E-state index contributed by atoms with van der Waals surface area (Å²) < 4.78 is 91.8. The maximum absolute atomic E-state index is 16.6. The smallest absolute Gasteiger partial charge is 0.444 e. The number of anilines is 1. The van der Waals surface area contributed by atoms with E-state index in [4.69, 9.17) is 19.7 Å². The SMILES string of the molecule is CSc1nc(N2C[C@H]3CC[C@@H](C2)N3C(=O)OC(C)(C)C)c2c(n1)sc1c(-c3c4c(cc5ccc(F)c(C#C[Si](C(C)C)(C(C)C)C(C)C)c35)C(S(=O)(=O)C(F)(F)F)N=C4)nccc12. The summed E-state index contributed by atoms with van der Waals surface area (Å²) in [6.45, 7) is 19.4.